The van der Waals surface area contributed by atoms with E-state index in [0.29, 0.717) is 18.6 Å². The van der Waals surface area contributed by atoms with E-state index in [4.69, 9.17) is 9.47 Å². The molecule has 1 fully saturated rings. The third kappa shape index (κ3) is 7.11. The minimum absolute atomic E-state index is 0.0227. The number of aromatic nitrogens is 1. The standard InChI is InChI=1S/C29H30F6N4O4/c1-36-17-26(11-12-26)25(41)38-16-22-21(23-9-8-20(42-2)15-37-23)14-27(29(33,34)35,39-24(22)40)18-4-6-19(7-5-18)43-13-3-10-28(30,31)32/h4-9,15,17H,3,10-14,16H2,1-2H3,(H,38,41)(H,39,40)/t27-/m0/s1. The van der Waals surface area contributed by atoms with E-state index < -0.39 is 42.1 Å². The van der Waals surface area contributed by atoms with E-state index in [9.17, 15) is 35.9 Å². The van der Waals surface area contributed by atoms with Crippen molar-refractivity contribution in [3.05, 3.63) is 59.4 Å². The Morgan fingerprint density at radius 1 is 1.09 bits per heavy atom. The van der Waals surface area contributed by atoms with Gasteiger partial charge in [0, 0.05) is 38.2 Å². The Bertz CT molecular complexity index is 1380. The molecule has 1 saturated carbocycles. The molecule has 2 N–H and O–H groups in total. The van der Waals surface area contributed by atoms with Crippen LogP contribution in [0, 0.1) is 5.41 Å². The number of benzene rings is 1. The van der Waals surface area contributed by atoms with E-state index in [1.165, 1.54) is 50.8 Å². The van der Waals surface area contributed by atoms with Gasteiger partial charge in [-0.2, -0.15) is 26.3 Å². The Kier molecular flexibility index (Phi) is 9.07. The van der Waals surface area contributed by atoms with Crippen LogP contribution in [0.4, 0.5) is 26.3 Å². The summed E-state index contributed by atoms with van der Waals surface area (Å²) in [7, 11) is 2.93. The van der Waals surface area contributed by atoms with Crippen molar-refractivity contribution in [3.63, 3.8) is 0 Å². The maximum atomic E-state index is 14.9. The Hall–Kier alpha value is -4.10. The lowest BCUT2D eigenvalue weighted by Crippen LogP contribution is -2.59. The van der Waals surface area contributed by atoms with Crippen LogP contribution in [-0.2, 0) is 15.1 Å². The molecule has 2 aliphatic rings. The number of hydrogen-bond donors (Lipinski definition) is 2. The van der Waals surface area contributed by atoms with Gasteiger partial charge in [-0.1, -0.05) is 12.1 Å². The zero-order valence-electron chi connectivity index (χ0n) is 23.4. The zero-order chi connectivity index (χ0) is 31.5. The van der Waals surface area contributed by atoms with Crippen LogP contribution in [0.25, 0.3) is 5.57 Å². The van der Waals surface area contributed by atoms with Crippen molar-refractivity contribution in [3.8, 4) is 11.5 Å². The Morgan fingerprint density at radius 3 is 2.30 bits per heavy atom. The largest absolute Gasteiger partial charge is 0.495 e. The molecule has 2 amide bonds. The molecule has 232 valence electrons. The molecular weight excluding hydrogens is 582 g/mol. The van der Waals surface area contributed by atoms with Crippen molar-refractivity contribution in [2.45, 2.75) is 50.0 Å². The number of carbonyl (C=O) groups excluding carboxylic acids is 2. The smallest absolute Gasteiger partial charge is 0.416 e. The Labute approximate surface area is 243 Å². The first-order chi connectivity index (χ1) is 20.2. The van der Waals surface area contributed by atoms with Gasteiger partial charge in [0.05, 0.1) is 31.0 Å². The summed E-state index contributed by atoms with van der Waals surface area (Å²) in [5, 5.41) is 4.80. The molecule has 1 aromatic heterocycles. The highest BCUT2D eigenvalue weighted by Crippen LogP contribution is 2.49. The van der Waals surface area contributed by atoms with Gasteiger partial charge in [0.2, 0.25) is 11.8 Å². The predicted molar refractivity (Wildman–Crippen MR) is 145 cm³/mol. The number of aliphatic imine (C=N–C) groups is 1. The second kappa shape index (κ2) is 12.3. The van der Waals surface area contributed by atoms with Gasteiger partial charge in [0.25, 0.3) is 0 Å². The van der Waals surface area contributed by atoms with Gasteiger partial charge in [-0.05, 0) is 54.7 Å². The molecule has 14 heteroatoms. The second-order valence-electron chi connectivity index (χ2n) is 10.4. The van der Waals surface area contributed by atoms with Crippen LogP contribution in [-0.4, -0.2) is 62.7 Å². The van der Waals surface area contributed by atoms with Crippen LogP contribution in [0.15, 0.2) is 53.2 Å². The molecule has 4 rings (SSSR count). The lowest BCUT2D eigenvalue weighted by Gasteiger charge is -2.41. The molecule has 2 aromatic rings. The van der Waals surface area contributed by atoms with E-state index in [1.54, 1.807) is 0 Å². The summed E-state index contributed by atoms with van der Waals surface area (Å²) in [5.41, 5.74) is -4.01. The maximum Gasteiger partial charge on any atom is 0.416 e. The molecular formula is C29H30F6N4O4. The molecule has 43 heavy (non-hydrogen) atoms. The van der Waals surface area contributed by atoms with E-state index in [2.05, 4.69) is 20.6 Å². The van der Waals surface area contributed by atoms with E-state index in [0.717, 1.165) is 12.1 Å². The Morgan fingerprint density at radius 2 is 1.77 bits per heavy atom. The van der Waals surface area contributed by atoms with Crippen molar-refractivity contribution >= 4 is 23.6 Å². The summed E-state index contributed by atoms with van der Waals surface area (Å²) in [6, 6.07) is 7.56. The summed E-state index contributed by atoms with van der Waals surface area (Å²) in [5.74, 6) is -1.01. The molecule has 8 nitrogen and oxygen atoms in total. The summed E-state index contributed by atoms with van der Waals surface area (Å²) in [6.45, 7) is -0.623. The van der Waals surface area contributed by atoms with Crippen molar-refractivity contribution in [1.29, 1.82) is 0 Å². The van der Waals surface area contributed by atoms with Gasteiger partial charge in [-0.15, -0.1) is 0 Å². The summed E-state index contributed by atoms with van der Waals surface area (Å²) in [4.78, 5) is 34.4. The van der Waals surface area contributed by atoms with Crippen LogP contribution in [0.2, 0.25) is 0 Å². The molecule has 1 aliphatic carbocycles. The van der Waals surface area contributed by atoms with Crippen molar-refractivity contribution in [2.24, 2.45) is 10.4 Å². The highest BCUT2D eigenvalue weighted by Gasteiger charge is 2.59. The number of alkyl halides is 6. The van der Waals surface area contributed by atoms with E-state index in [-0.39, 0.29) is 53.6 Å². The number of ether oxygens (including phenoxy) is 2. The monoisotopic (exact) mass is 612 g/mol. The first-order valence-corrected chi connectivity index (χ1v) is 13.4. The fourth-order valence-electron chi connectivity index (χ4n) is 4.88. The van der Waals surface area contributed by atoms with Crippen molar-refractivity contribution in [1.82, 2.24) is 15.6 Å². The summed E-state index contributed by atoms with van der Waals surface area (Å²) >= 11 is 0. The fourth-order valence-corrected chi connectivity index (χ4v) is 4.88. The average Bonchev–Trinajstić information content (AvgIpc) is 3.74. The van der Waals surface area contributed by atoms with Gasteiger partial charge in [-0.25, -0.2) is 0 Å². The molecule has 0 bridgehead atoms. The topological polar surface area (TPSA) is 102 Å². The number of methoxy groups -OCH3 is 1. The lowest BCUT2D eigenvalue weighted by atomic mass is 9.77. The molecule has 0 radical (unpaired) electrons. The zero-order valence-corrected chi connectivity index (χ0v) is 23.4. The normalized spacial score (nSPS) is 20.1. The highest BCUT2D eigenvalue weighted by atomic mass is 19.4. The SMILES string of the molecule is CN=CC1(C(=O)NCC2=C(c3ccc(OC)cn3)C[C@](c3ccc(OCCCC(F)(F)F)cc3)(C(F)(F)F)NC2=O)CC1. The minimum Gasteiger partial charge on any atom is -0.495 e. The minimum atomic E-state index is -4.99. The first kappa shape index (κ1) is 31.8. The second-order valence-corrected chi connectivity index (χ2v) is 10.4. The number of pyridine rings is 1. The summed E-state index contributed by atoms with van der Waals surface area (Å²) in [6.07, 6.45) is -7.51. The van der Waals surface area contributed by atoms with Crippen LogP contribution in [0.1, 0.15) is 43.4 Å². The van der Waals surface area contributed by atoms with Crippen molar-refractivity contribution in [2.75, 3.05) is 27.3 Å². The number of nitrogens with one attached hydrogen (secondary N) is 2. The average molecular weight is 613 g/mol. The van der Waals surface area contributed by atoms with Gasteiger partial charge in [0.15, 0.2) is 5.54 Å². The number of nitrogens with zero attached hydrogens (tertiary/aromatic N) is 2. The maximum absolute atomic E-state index is 14.9. The van der Waals surface area contributed by atoms with Gasteiger partial charge < -0.3 is 20.1 Å². The first-order valence-electron chi connectivity index (χ1n) is 13.4. The predicted octanol–water partition coefficient (Wildman–Crippen LogP) is 5.14. The third-order valence-electron chi connectivity index (χ3n) is 7.44. The van der Waals surface area contributed by atoms with Crippen LogP contribution in [0.5, 0.6) is 11.5 Å². The molecule has 0 unspecified atom stereocenters. The molecule has 2 heterocycles. The summed E-state index contributed by atoms with van der Waals surface area (Å²) < 4.78 is 92.3. The van der Waals surface area contributed by atoms with Crippen molar-refractivity contribution < 1.29 is 45.4 Å². The number of carbonyl (C=O) groups is 2. The lowest BCUT2D eigenvalue weighted by molar-refractivity contribution is -0.201. The highest BCUT2D eigenvalue weighted by molar-refractivity contribution is 6.06. The number of halogens is 6. The van der Waals surface area contributed by atoms with Gasteiger partial charge in [0.1, 0.15) is 11.5 Å². The Balaban J connectivity index is 1.66. The fraction of sp³-hybridized carbons (Fsp3) is 0.448. The molecule has 0 spiro atoms. The number of hydrogen-bond acceptors (Lipinski definition) is 6. The van der Waals surface area contributed by atoms with E-state index >= 15 is 0 Å². The molecule has 1 atom stereocenters. The molecule has 1 aromatic carbocycles. The number of amides is 2. The van der Waals surface area contributed by atoms with Crippen LogP contribution >= 0.6 is 0 Å². The van der Waals surface area contributed by atoms with E-state index in [1.807, 2.05) is 0 Å². The number of rotatable bonds is 11. The van der Waals surface area contributed by atoms with Gasteiger partial charge >= 0.3 is 12.4 Å². The quantitative estimate of drug-likeness (QED) is 0.208. The van der Waals surface area contributed by atoms with Crippen LogP contribution < -0.4 is 20.1 Å². The van der Waals surface area contributed by atoms with Gasteiger partial charge in [-0.3, -0.25) is 19.6 Å². The van der Waals surface area contributed by atoms with Crippen LogP contribution in [0.3, 0.4) is 0 Å². The third-order valence-corrected chi connectivity index (χ3v) is 7.44. The molecule has 1 aliphatic heterocycles. The molecule has 0 saturated heterocycles.